The van der Waals surface area contributed by atoms with E-state index in [9.17, 15) is 4.79 Å². The average molecular weight is 271 g/mol. The van der Waals surface area contributed by atoms with E-state index in [0.29, 0.717) is 5.69 Å². The molecule has 0 radical (unpaired) electrons. The van der Waals surface area contributed by atoms with Gasteiger partial charge in [0.2, 0.25) is 0 Å². The number of aryl methyl sites for hydroxylation is 2. The Morgan fingerprint density at radius 2 is 2.21 bits per heavy atom. The summed E-state index contributed by atoms with van der Waals surface area (Å²) in [5.41, 5.74) is 3.43. The van der Waals surface area contributed by atoms with Crippen molar-refractivity contribution in [2.75, 3.05) is 5.32 Å². The highest BCUT2D eigenvalue weighted by Crippen LogP contribution is 2.17. The van der Waals surface area contributed by atoms with Crippen molar-refractivity contribution >= 4 is 27.9 Å². The first-order chi connectivity index (χ1) is 9.13. The summed E-state index contributed by atoms with van der Waals surface area (Å²) in [4.78, 5) is 17.3. The van der Waals surface area contributed by atoms with Gasteiger partial charge in [0.05, 0.1) is 0 Å². The molecule has 0 aliphatic rings. The van der Waals surface area contributed by atoms with Gasteiger partial charge in [-0.25, -0.2) is 4.98 Å². The lowest BCUT2D eigenvalue weighted by Crippen LogP contribution is -2.12. The van der Waals surface area contributed by atoms with Gasteiger partial charge in [-0.15, -0.1) is 11.3 Å². The summed E-state index contributed by atoms with van der Waals surface area (Å²) in [6, 6.07) is 7.71. The molecule has 0 bridgehead atoms. The topological polar surface area (TPSA) is 46.4 Å². The third kappa shape index (κ3) is 2.24. The lowest BCUT2D eigenvalue weighted by atomic mass is 10.2. The van der Waals surface area contributed by atoms with Gasteiger partial charge < -0.3 is 5.32 Å². The van der Waals surface area contributed by atoms with Crippen LogP contribution in [0.3, 0.4) is 0 Å². The third-order valence-electron chi connectivity index (χ3n) is 2.90. The van der Waals surface area contributed by atoms with Gasteiger partial charge in [0.25, 0.3) is 5.91 Å². The second kappa shape index (κ2) is 4.51. The van der Waals surface area contributed by atoms with Gasteiger partial charge in [-0.1, -0.05) is 12.1 Å². The molecule has 1 N–H and O–H groups in total. The number of fused-ring (bicyclic) bond motifs is 1. The molecular weight excluding hydrogens is 258 g/mol. The van der Waals surface area contributed by atoms with E-state index in [1.807, 2.05) is 47.9 Å². The Labute approximate surface area is 114 Å². The number of aromatic nitrogens is 2. The van der Waals surface area contributed by atoms with Crippen molar-refractivity contribution in [3.05, 3.63) is 52.8 Å². The minimum absolute atomic E-state index is 0.180. The van der Waals surface area contributed by atoms with E-state index in [4.69, 9.17) is 0 Å². The van der Waals surface area contributed by atoms with Crippen LogP contribution in [0.25, 0.3) is 4.96 Å². The van der Waals surface area contributed by atoms with E-state index in [1.165, 1.54) is 11.3 Å². The molecule has 2 heterocycles. The zero-order valence-electron chi connectivity index (χ0n) is 10.7. The molecule has 3 rings (SSSR count). The summed E-state index contributed by atoms with van der Waals surface area (Å²) in [6.07, 6.45) is 1.77. The second-order valence-electron chi connectivity index (χ2n) is 4.48. The highest BCUT2D eigenvalue weighted by Gasteiger charge is 2.12. The van der Waals surface area contributed by atoms with Crippen LogP contribution in [0.2, 0.25) is 0 Å². The van der Waals surface area contributed by atoms with Crippen molar-refractivity contribution in [2.24, 2.45) is 0 Å². The number of nitrogens with one attached hydrogen (secondary N) is 1. The number of nitrogens with zero attached hydrogens (tertiary/aromatic N) is 2. The summed E-state index contributed by atoms with van der Waals surface area (Å²) >= 11 is 1.53. The van der Waals surface area contributed by atoms with E-state index in [2.05, 4.69) is 10.3 Å². The molecule has 0 saturated carbocycles. The van der Waals surface area contributed by atoms with E-state index < -0.39 is 0 Å². The number of carbonyl (C=O) groups excluding carboxylic acids is 1. The van der Waals surface area contributed by atoms with Crippen molar-refractivity contribution in [3.63, 3.8) is 0 Å². The largest absolute Gasteiger partial charge is 0.321 e. The van der Waals surface area contributed by atoms with Crippen LogP contribution in [0.15, 0.2) is 35.8 Å². The normalized spacial score (nSPS) is 10.8. The van der Waals surface area contributed by atoms with E-state index in [0.717, 1.165) is 21.9 Å². The maximum absolute atomic E-state index is 12.1. The molecule has 0 aliphatic carbocycles. The van der Waals surface area contributed by atoms with E-state index in [1.54, 1.807) is 6.20 Å². The molecule has 0 unspecified atom stereocenters. The highest BCUT2D eigenvalue weighted by atomic mass is 32.1. The molecule has 0 fully saturated rings. The van der Waals surface area contributed by atoms with E-state index in [-0.39, 0.29) is 5.91 Å². The van der Waals surface area contributed by atoms with Crippen LogP contribution in [0.5, 0.6) is 0 Å². The number of carbonyl (C=O) groups is 1. The first kappa shape index (κ1) is 11.9. The van der Waals surface area contributed by atoms with Crippen LogP contribution in [0, 0.1) is 13.8 Å². The van der Waals surface area contributed by atoms with Crippen LogP contribution in [0.1, 0.15) is 21.7 Å². The molecule has 4 nitrogen and oxygen atoms in total. The first-order valence-electron chi connectivity index (χ1n) is 5.95. The Morgan fingerprint density at radius 3 is 2.95 bits per heavy atom. The zero-order valence-corrected chi connectivity index (χ0v) is 11.5. The Morgan fingerprint density at radius 1 is 1.37 bits per heavy atom. The number of rotatable bonds is 2. The number of imidazole rings is 1. The quantitative estimate of drug-likeness (QED) is 0.777. The van der Waals surface area contributed by atoms with Crippen LogP contribution in [0.4, 0.5) is 5.69 Å². The monoisotopic (exact) mass is 271 g/mol. The minimum Gasteiger partial charge on any atom is -0.321 e. The van der Waals surface area contributed by atoms with Crippen molar-refractivity contribution in [3.8, 4) is 0 Å². The van der Waals surface area contributed by atoms with Crippen molar-refractivity contribution in [2.45, 2.75) is 13.8 Å². The molecule has 1 amide bonds. The van der Waals surface area contributed by atoms with Crippen molar-refractivity contribution in [1.82, 2.24) is 9.38 Å². The van der Waals surface area contributed by atoms with Gasteiger partial charge in [0.1, 0.15) is 5.69 Å². The Bertz CT molecular complexity index is 757. The SMILES string of the molecule is Cc1cccc(NC(=O)c2cn3c(C)csc3n2)c1. The Kier molecular flexibility index (Phi) is 2.83. The van der Waals surface area contributed by atoms with Gasteiger partial charge >= 0.3 is 0 Å². The van der Waals surface area contributed by atoms with Crippen molar-refractivity contribution in [1.29, 1.82) is 0 Å². The summed E-state index contributed by atoms with van der Waals surface area (Å²) in [5, 5.41) is 4.88. The van der Waals surface area contributed by atoms with Gasteiger partial charge in [-0.2, -0.15) is 0 Å². The lowest BCUT2D eigenvalue weighted by molar-refractivity contribution is 0.102. The molecule has 0 spiro atoms. The molecule has 0 saturated heterocycles. The molecular formula is C14H13N3OS. The standard InChI is InChI=1S/C14H13N3OS/c1-9-4-3-5-11(6-9)15-13(18)12-7-17-10(2)8-19-14(17)16-12/h3-8H,1-2H3,(H,15,18). The summed E-state index contributed by atoms with van der Waals surface area (Å²) < 4.78 is 1.93. The molecule has 5 heteroatoms. The lowest BCUT2D eigenvalue weighted by Gasteiger charge is -2.03. The fourth-order valence-corrected chi connectivity index (χ4v) is 2.77. The average Bonchev–Trinajstić information content (AvgIpc) is 2.92. The number of anilines is 1. The molecule has 19 heavy (non-hydrogen) atoms. The molecule has 1 aromatic carbocycles. The molecule has 96 valence electrons. The molecule has 0 aliphatic heterocycles. The van der Waals surface area contributed by atoms with E-state index >= 15 is 0 Å². The van der Waals surface area contributed by atoms with Crippen LogP contribution >= 0.6 is 11.3 Å². The number of thiazole rings is 1. The predicted octanol–water partition coefficient (Wildman–Crippen LogP) is 3.26. The maximum Gasteiger partial charge on any atom is 0.275 e. The summed E-state index contributed by atoms with van der Waals surface area (Å²) in [6.45, 7) is 3.99. The Balaban J connectivity index is 1.87. The number of amides is 1. The molecule has 3 aromatic rings. The minimum atomic E-state index is -0.180. The maximum atomic E-state index is 12.1. The number of hydrogen-bond acceptors (Lipinski definition) is 3. The number of hydrogen-bond donors (Lipinski definition) is 1. The zero-order chi connectivity index (χ0) is 13.4. The van der Waals surface area contributed by atoms with Gasteiger partial charge in [-0.05, 0) is 31.5 Å². The van der Waals surface area contributed by atoms with Crippen LogP contribution in [-0.4, -0.2) is 15.3 Å². The fourth-order valence-electron chi connectivity index (χ4n) is 1.92. The first-order valence-corrected chi connectivity index (χ1v) is 6.82. The van der Waals surface area contributed by atoms with Crippen molar-refractivity contribution < 1.29 is 4.79 Å². The second-order valence-corrected chi connectivity index (χ2v) is 5.32. The fraction of sp³-hybridized carbons (Fsp3) is 0.143. The van der Waals surface area contributed by atoms with Crippen LogP contribution in [-0.2, 0) is 0 Å². The van der Waals surface area contributed by atoms with Gasteiger partial charge in [-0.3, -0.25) is 9.20 Å². The van der Waals surface area contributed by atoms with Gasteiger partial charge in [0.15, 0.2) is 4.96 Å². The van der Waals surface area contributed by atoms with Gasteiger partial charge in [0, 0.05) is 23.0 Å². The van der Waals surface area contributed by atoms with Crippen LogP contribution < -0.4 is 5.32 Å². The smallest absolute Gasteiger partial charge is 0.275 e. The molecule has 2 aromatic heterocycles. The Hall–Kier alpha value is -2.14. The summed E-state index contributed by atoms with van der Waals surface area (Å²) in [7, 11) is 0. The number of benzene rings is 1. The third-order valence-corrected chi connectivity index (χ3v) is 3.85. The summed E-state index contributed by atoms with van der Waals surface area (Å²) in [5.74, 6) is -0.180. The molecule has 0 atom stereocenters. The highest BCUT2D eigenvalue weighted by molar-refractivity contribution is 7.15. The predicted molar refractivity (Wildman–Crippen MR) is 76.9 cm³/mol.